The highest BCUT2D eigenvalue weighted by Gasteiger charge is 2.17. The molecular formula is C14H24N4OS2. The topological polar surface area (TPSA) is 66.9 Å². The highest BCUT2D eigenvalue weighted by Crippen LogP contribution is 2.27. The minimum atomic E-state index is -0.0279. The van der Waals surface area contributed by atoms with Crippen LogP contribution < -0.4 is 10.6 Å². The molecule has 1 fully saturated rings. The van der Waals surface area contributed by atoms with E-state index in [4.69, 9.17) is 0 Å². The van der Waals surface area contributed by atoms with E-state index in [1.807, 2.05) is 0 Å². The molecule has 1 aliphatic rings. The summed E-state index contributed by atoms with van der Waals surface area (Å²) in [5.41, 5.74) is -0.0279. The first-order chi connectivity index (χ1) is 9.92. The van der Waals surface area contributed by atoms with Crippen molar-refractivity contribution < 1.29 is 4.79 Å². The lowest BCUT2D eigenvalue weighted by Crippen LogP contribution is -2.37. The number of aromatic nitrogens is 2. The van der Waals surface area contributed by atoms with Gasteiger partial charge in [0, 0.05) is 11.6 Å². The Morgan fingerprint density at radius 3 is 2.67 bits per heavy atom. The Balaban J connectivity index is 1.73. The van der Waals surface area contributed by atoms with Crippen molar-refractivity contribution in [3.63, 3.8) is 0 Å². The maximum absolute atomic E-state index is 11.9. The third kappa shape index (κ3) is 6.22. The van der Waals surface area contributed by atoms with Gasteiger partial charge in [0.1, 0.15) is 0 Å². The van der Waals surface area contributed by atoms with Crippen LogP contribution in [0.4, 0.5) is 5.13 Å². The molecule has 7 heteroatoms. The Labute approximate surface area is 134 Å². The van der Waals surface area contributed by atoms with E-state index in [1.54, 1.807) is 0 Å². The summed E-state index contributed by atoms with van der Waals surface area (Å²) in [6, 6.07) is 0.374. The summed E-state index contributed by atoms with van der Waals surface area (Å²) in [5.74, 6) is 0.521. The van der Waals surface area contributed by atoms with Gasteiger partial charge in [-0.3, -0.25) is 4.79 Å². The number of hydrogen-bond acceptors (Lipinski definition) is 6. The van der Waals surface area contributed by atoms with Gasteiger partial charge in [-0.15, -0.1) is 10.2 Å². The lowest BCUT2D eigenvalue weighted by molar-refractivity contribution is -0.119. The van der Waals surface area contributed by atoms with Gasteiger partial charge in [0.25, 0.3) is 0 Å². The Kier molecular flexibility index (Phi) is 5.87. The molecule has 1 aliphatic carbocycles. The zero-order valence-corrected chi connectivity index (χ0v) is 14.6. The molecule has 1 heterocycles. The number of hydrogen-bond donors (Lipinski definition) is 2. The van der Waals surface area contributed by atoms with Crippen LogP contribution in [0, 0.1) is 0 Å². The van der Waals surface area contributed by atoms with E-state index in [0.717, 1.165) is 22.3 Å². The summed E-state index contributed by atoms with van der Waals surface area (Å²) >= 11 is 2.95. The van der Waals surface area contributed by atoms with Crippen molar-refractivity contribution in [2.24, 2.45) is 0 Å². The number of carbonyl (C=O) groups excluding carboxylic acids is 1. The fourth-order valence-electron chi connectivity index (χ4n) is 2.28. The van der Waals surface area contributed by atoms with E-state index in [0.29, 0.717) is 11.8 Å². The molecule has 118 valence electrons. The summed E-state index contributed by atoms with van der Waals surface area (Å²) in [5, 5.41) is 15.4. The number of carbonyl (C=O) groups is 1. The third-order valence-electron chi connectivity index (χ3n) is 3.19. The summed E-state index contributed by atoms with van der Waals surface area (Å²) in [7, 11) is 0. The number of nitrogens with one attached hydrogen (secondary N) is 2. The first-order valence-electron chi connectivity index (χ1n) is 7.46. The highest BCUT2D eigenvalue weighted by atomic mass is 32.2. The van der Waals surface area contributed by atoms with Gasteiger partial charge in [0.15, 0.2) is 4.34 Å². The molecule has 2 rings (SSSR count). The van der Waals surface area contributed by atoms with Crippen molar-refractivity contribution in [3.8, 4) is 0 Å². The summed E-state index contributed by atoms with van der Waals surface area (Å²) < 4.78 is 0.834. The normalized spacial score (nSPS) is 16.7. The SMILES string of the molecule is CC(C)(C)Nc1nnc(SCC(=O)NC2CCCCC2)s1. The van der Waals surface area contributed by atoms with E-state index in [1.165, 1.54) is 42.4 Å². The van der Waals surface area contributed by atoms with Gasteiger partial charge in [-0.2, -0.15) is 0 Å². The number of anilines is 1. The molecule has 1 saturated carbocycles. The van der Waals surface area contributed by atoms with Crippen LogP contribution in [0.2, 0.25) is 0 Å². The first-order valence-corrected chi connectivity index (χ1v) is 9.26. The number of rotatable bonds is 5. The predicted octanol–water partition coefficient (Wildman–Crippen LogP) is 3.29. The monoisotopic (exact) mass is 328 g/mol. The molecule has 5 nitrogen and oxygen atoms in total. The van der Waals surface area contributed by atoms with Crippen molar-refractivity contribution >= 4 is 34.1 Å². The summed E-state index contributed by atoms with van der Waals surface area (Å²) in [6.07, 6.45) is 6.01. The Morgan fingerprint density at radius 2 is 2.00 bits per heavy atom. The molecule has 1 aromatic heterocycles. The molecule has 2 N–H and O–H groups in total. The zero-order valence-electron chi connectivity index (χ0n) is 12.9. The van der Waals surface area contributed by atoms with Crippen molar-refractivity contribution in [1.29, 1.82) is 0 Å². The number of amides is 1. The smallest absolute Gasteiger partial charge is 0.230 e. The van der Waals surface area contributed by atoms with Crippen LogP contribution in [0.25, 0.3) is 0 Å². The fourth-order valence-corrected chi connectivity index (χ4v) is 4.05. The van der Waals surface area contributed by atoms with Gasteiger partial charge in [-0.05, 0) is 33.6 Å². The number of nitrogens with zero attached hydrogens (tertiary/aromatic N) is 2. The third-order valence-corrected chi connectivity index (χ3v) is 5.16. The molecule has 1 amide bonds. The standard InChI is InChI=1S/C14H24N4OS2/c1-14(2,3)16-12-17-18-13(21-12)20-9-11(19)15-10-7-5-4-6-8-10/h10H,4-9H2,1-3H3,(H,15,19)(H,16,17). The van der Waals surface area contributed by atoms with Crippen LogP contribution >= 0.6 is 23.1 Å². The van der Waals surface area contributed by atoms with E-state index in [-0.39, 0.29) is 11.4 Å². The van der Waals surface area contributed by atoms with Crippen LogP contribution in [-0.4, -0.2) is 33.4 Å². The summed E-state index contributed by atoms with van der Waals surface area (Å²) in [6.45, 7) is 6.25. The van der Waals surface area contributed by atoms with Crippen molar-refractivity contribution in [2.45, 2.75) is 68.8 Å². The molecule has 0 bridgehead atoms. The van der Waals surface area contributed by atoms with Crippen molar-refractivity contribution in [2.75, 3.05) is 11.1 Å². The van der Waals surface area contributed by atoms with E-state index in [2.05, 4.69) is 41.6 Å². The second-order valence-electron chi connectivity index (χ2n) is 6.44. The lowest BCUT2D eigenvalue weighted by atomic mass is 9.95. The van der Waals surface area contributed by atoms with Crippen LogP contribution in [0.15, 0.2) is 4.34 Å². The molecular weight excluding hydrogens is 304 g/mol. The molecule has 0 aromatic carbocycles. The second kappa shape index (κ2) is 7.45. The second-order valence-corrected chi connectivity index (χ2v) is 8.64. The van der Waals surface area contributed by atoms with Gasteiger partial charge in [-0.25, -0.2) is 0 Å². The van der Waals surface area contributed by atoms with Crippen molar-refractivity contribution in [3.05, 3.63) is 0 Å². The fraction of sp³-hybridized carbons (Fsp3) is 0.786. The largest absolute Gasteiger partial charge is 0.355 e. The Morgan fingerprint density at radius 1 is 1.29 bits per heavy atom. The first kappa shape index (κ1) is 16.5. The summed E-state index contributed by atoms with van der Waals surface area (Å²) in [4.78, 5) is 11.9. The van der Waals surface area contributed by atoms with E-state index < -0.39 is 0 Å². The molecule has 0 aliphatic heterocycles. The lowest BCUT2D eigenvalue weighted by Gasteiger charge is -2.22. The highest BCUT2D eigenvalue weighted by molar-refractivity contribution is 8.01. The van der Waals surface area contributed by atoms with Gasteiger partial charge < -0.3 is 10.6 Å². The minimum absolute atomic E-state index is 0.0279. The Bertz CT molecular complexity index is 464. The average molecular weight is 329 g/mol. The van der Waals surface area contributed by atoms with E-state index >= 15 is 0 Å². The molecule has 21 heavy (non-hydrogen) atoms. The van der Waals surface area contributed by atoms with Crippen LogP contribution in [-0.2, 0) is 4.79 Å². The predicted molar refractivity (Wildman–Crippen MR) is 89.0 cm³/mol. The average Bonchev–Trinajstić information content (AvgIpc) is 2.83. The molecule has 1 aromatic rings. The van der Waals surface area contributed by atoms with Crippen molar-refractivity contribution in [1.82, 2.24) is 15.5 Å². The van der Waals surface area contributed by atoms with E-state index in [9.17, 15) is 4.79 Å². The minimum Gasteiger partial charge on any atom is -0.355 e. The van der Waals surface area contributed by atoms with Crippen LogP contribution in [0.1, 0.15) is 52.9 Å². The van der Waals surface area contributed by atoms with Crippen LogP contribution in [0.5, 0.6) is 0 Å². The van der Waals surface area contributed by atoms with Gasteiger partial charge in [0.2, 0.25) is 11.0 Å². The van der Waals surface area contributed by atoms with Gasteiger partial charge in [-0.1, -0.05) is 42.4 Å². The molecule has 0 atom stereocenters. The molecule has 0 spiro atoms. The molecule has 0 saturated heterocycles. The van der Waals surface area contributed by atoms with Crippen LogP contribution in [0.3, 0.4) is 0 Å². The maximum Gasteiger partial charge on any atom is 0.230 e. The molecule has 0 radical (unpaired) electrons. The van der Waals surface area contributed by atoms with Gasteiger partial charge in [0.05, 0.1) is 5.75 Å². The molecule has 0 unspecified atom stereocenters. The number of thioether (sulfide) groups is 1. The van der Waals surface area contributed by atoms with Gasteiger partial charge >= 0.3 is 0 Å². The Hall–Kier alpha value is -0.820. The maximum atomic E-state index is 11.9. The zero-order chi connectivity index (χ0) is 15.3. The quantitative estimate of drug-likeness (QED) is 0.812.